The maximum atomic E-state index is 13.2. The lowest BCUT2D eigenvalue weighted by Crippen LogP contribution is -2.86. The SMILES string of the molecule is O=C1C(O)(O)C2c3cc(OC(O)(O)O)c(OC(O)(O)O)cc3CCN2CC1(O)C(O)(O)C(O)(C(O)O)C(O)(O)O. The van der Waals surface area contributed by atoms with E-state index < -0.39 is 89.3 Å². The van der Waals surface area contributed by atoms with Crippen LogP contribution in [0, 0.1) is 0 Å². The highest BCUT2D eigenvalue weighted by atomic mass is 16.9. The highest BCUT2D eigenvalue weighted by Crippen LogP contribution is 2.50. The molecule has 0 aromatic heterocycles. The molecule has 0 spiro atoms. The topological polar surface area (TPSA) is 383 Å². The van der Waals surface area contributed by atoms with Crippen molar-refractivity contribution in [3.05, 3.63) is 23.3 Å². The molecule has 228 valence electrons. The molecule has 3 rings (SSSR count). The van der Waals surface area contributed by atoms with Gasteiger partial charge in [-0.15, -0.1) is 0 Å². The summed E-state index contributed by atoms with van der Waals surface area (Å²) >= 11 is 0. The van der Waals surface area contributed by atoms with Gasteiger partial charge in [0.25, 0.3) is 5.60 Å². The number of hydrogen-bond acceptors (Lipinski definition) is 21. The first kappa shape index (κ1) is 32.3. The van der Waals surface area contributed by atoms with Crippen LogP contribution in [0.15, 0.2) is 12.1 Å². The van der Waals surface area contributed by atoms with Gasteiger partial charge in [0.1, 0.15) is 0 Å². The first-order chi connectivity index (χ1) is 17.7. The average Bonchev–Trinajstić information content (AvgIpc) is 2.74. The maximum Gasteiger partial charge on any atom is 0.453 e. The Kier molecular flexibility index (Phi) is 7.58. The van der Waals surface area contributed by atoms with Gasteiger partial charge >= 0.3 is 18.3 Å². The molecule has 1 aromatic carbocycles. The van der Waals surface area contributed by atoms with Gasteiger partial charge in [0.05, 0.1) is 6.04 Å². The Morgan fingerprint density at radius 1 is 0.825 bits per heavy atom. The molecule has 1 aromatic rings. The fourth-order valence-corrected chi connectivity index (χ4v) is 4.74. The second kappa shape index (κ2) is 9.39. The predicted molar refractivity (Wildman–Crippen MR) is 111 cm³/mol. The van der Waals surface area contributed by atoms with Gasteiger partial charge in [0.15, 0.2) is 23.4 Å². The Morgan fingerprint density at radius 2 is 1.30 bits per heavy atom. The molecule has 17 N–H and O–H groups in total. The zero-order chi connectivity index (χ0) is 31.1. The number of aliphatic hydroxyl groups is 17. The number of carbonyl (C=O) groups excluding carboxylic acids is 1. The number of piperidine rings is 1. The highest BCUT2D eigenvalue weighted by molar-refractivity contribution is 5.96. The van der Waals surface area contributed by atoms with Crippen molar-refractivity contribution in [1.82, 2.24) is 4.90 Å². The molecular formula is C19H27NO20. The molecule has 0 amide bonds. The smallest absolute Gasteiger partial charge is 0.413 e. The van der Waals surface area contributed by atoms with E-state index in [4.69, 9.17) is 15.3 Å². The number of carbonyl (C=O) groups is 1. The second-order valence-electron chi connectivity index (χ2n) is 9.34. The fraction of sp³-hybridized carbons (Fsp3) is 0.632. The van der Waals surface area contributed by atoms with E-state index in [2.05, 4.69) is 9.47 Å². The summed E-state index contributed by atoms with van der Waals surface area (Å²) in [7, 11) is 0. The molecule has 1 fully saturated rings. The van der Waals surface area contributed by atoms with Crippen LogP contribution in [0.3, 0.4) is 0 Å². The van der Waals surface area contributed by atoms with Crippen molar-refractivity contribution in [2.45, 2.75) is 59.8 Å². The van der Waals surface area contributed by atoms with Crippen molar-refractivity contribution in [3.8, 4) is 11.5 Å². The van der Waals surface area contributed by atoms with E-state index in [-0.39, 0.29) is 12.0 Å². The van der Waals surface area contributed by atoms with E-state index in [0.717, 1.165) is 6.07 Å². The van der Waals surface area contributed by atoms with Crippen LogP contribution in [0.1, 0.15) is 17.2 Å². The fourth-order valence-electron chi connectivity index (χ4n) is 4.74. The summed E-state index contributed by atoms with van der Waals surface area (Å²) in [5.74, 6) is -18.1. The minimum atomic E-state index is -4.88. The number of aliphatic hydroxyl groups excluding tert-OH is 1. The van der Waals surface area contributed by atoms with Crippen LogP contribution in [-0.2, 0) is 11.2 Å². The molecule has 21 nitrogen and oxygen atoms in total. The lowest BCUT2D eigenvalue weighted by atomic mass is 9.68. The number of rotatable bonds is 8. The molecule has 2 heterocycles. The molecule has 2 aliphatic rings. The molecule has 40 heavy (non-hydrogen) atoms. The zero-order valence-electron chi connectivity index (χ0n) is 19.7. The van der Waals surface area contributed by atoms with Crippen LogP contribution >= 0.6 is 0 Å². The zero-order valence-corrected chi connectivity index (χ0v) is 19.7. The summed E-state index contributed by atoms with van der Waals surface area (Å²) in [4.78, 5) is 13.8. The van der Waals surface area contributed by atoms with Crippen molar-refractivity contribution in [2.24, 2.45) is 0 Å². The third-order valence-corrected chi connectivity index (χ3v) is 6.54. The van der Waals surface area contributed by atoms with Crippen molar-refractivity contribution in [1.29, 1.82) is 0 Å². The first-order valence-corrected chi connectivity index (χ1v) is 10.8. The van der Waals surface area contributed by atoms with E-state index in [0.29, 0.717) is 11.0 Å². The summed E-state index contributed by atoms with van der Waals surface area (Å²) in [5, 5.41) is 166. The summed E-state index contributed by atoms with van der Waals surface area (Å²) in [6.45, 7) is -1.98. The molecule has 2 aliphatic heterocycles. The normalized spacial score (nSPS) is 25.8. The summed E-state index contributed by atoms with van der Waals surface area (Å²) in [5.41, 5.74) is -9.49. The molecule has 3 atom stereocenters. The van der Waals surface area contributed by atoms with Gasteiger partial charge in [0, 0.05) is 13.1 Å². The van der Waals surface area contributed by atoms with E-state index >= 15 is 0 Å². The van der Waals surface area contributed by atoms with Gasteiger partial charge in [-0.1, -0.05) is 0 Å². The molecule has 0 aliphatic carbocycles. The van der Waals surface area contributed by atoms with Crippen molar-refractivity contribution in [3.63, 3.8) is 0 Å². The molecule has 21 heteroatoms. The Bertz CT molecular complexity index is 1150. The van der Waals surface area contributed by atoms with Crippen molar-refractivity contribution in [2.75, 3.05) is 13.1 Å². The summed E-state index contributed by atoms with van der Waals surface area (Å²) < 4.78 is 8.74. The molecular weight excluding hydrogens is 562 g/mol. The van der Waals surface area contributed by atoms with Gasteiger partial charge < -0.3 is 96.3 Å². The predicted octanol–water partition coefficient (Wildman–Crippen LogP) is -10.1. The molecule has 1 saturated heterocycles. The number of fused-ring (bicyclic) bond motifs is 3. The lowest BCUT2D eigenvalue weighted by molar-refractivity contribution is -0.499. The van der Waals surface area contributed by atoms with Crippen LogP contribution in [-0.4, -0.2) is 158 Å². The van der Waals surface area contributed by atoms with Crippen molar-refractivity contribution < 1.29 is 101 Å². The van der Waals surface area contributed by atoms with E-state index in [1.165, 1.54) is 0 Å². The van der Waals surface area contributed by atoms with E-state index in [1.807, 2.05) is 0 Å². The van der Waals surface area contributed by atoms with E-state index in [1.54, 1.807) is 0 Å². The van der Waals surface area contributed by atoms with Crippen LogP contribution in [0.4, 0.5) is 0 Å². The van der Waals surface area contributed by atoms with E-state index in [9.17, 15) is 76.3 Å². The van der Waals surface area contributed by atoms with Crippen LogP contribution in [0.2, 0.25) is 0 Å². The second-order valence-corrected chi connectivity index (χ2v) is 9.34. The Morgan fingerprint density at radius 3 is 1.73 bits per heavy atom. The minimum Gasteiger partial charge on any atom is -0.413 e. The molecule has 0 radical (unpaired) electrons. The lowest BCUT2D eigenvalue weighted by Gasteiger charge is -2.57. The van der Waals surface area contributed by atoms with Crippen molar-refractivity contribution >= 4 is 5.78 Å². The summed E-state index contributed by atoms with van der Waals surface area (Å²) in [6, 6.07) is -0.714. The number of ether oxygens (including phenoxy) is 2. The van der Waals surface area contributed by atoms with Crippen LogP contribution in [0.25, 0.3) is 0 Å². The first-order valence-electron chi connectivity index (χ1n) is 10.8. The van der Waals surface area contributed by atoms with Gasteiger partial charge in [0.2, 0.25) is 17.4 Å². The van der Waals surface area contributed by atoms with Gasteiger partial charge in [-0.2, -0.15) is 0 Å². The standard InChI is InChI=1S/C19H27NO20/c21-11-13(24,16(28,29)15(27,12(22)23)17(30,31)32)5-20-2-1-6-3-8(39-18(33,34)35)9(40-19(36,37)38)4-7(6)10(20)14(11,25)26/h3-4,10,12,22-38H,1-2,5H2. The third kappa shape index (κ3) is 5.02. The van der Waals surface area contributed by atoms with Crippen LogP contribution < -0.4 is 9.47 Å². The Labute approximate surface area is 220 Å². The average molecular weight is 589 g/mol. The Hall–Kier alpha value is -2.23. The monoisotopic (exact) mass is 589 g/mol. The van der Waals surface area contributed by atoms with Crippen LogP contribution in [0.5, 0.6) is 11.5 Å². The number of benzene rings is 1. The molecule has 0 saturated carbocycles. The van der Waals surface area contributed by atoms with Gasteiger partial charge in [-0.05, 0) is 29.7 Å². The quantitative estimate of drug-likeness (QED) is 0.125. The van der Waals surface area contributed by atoms with Gasteiger partial charge in [-0.3, -0.25) is 9.69 Å². The molecule has 0 bridgehead atoms. The number of hydrogen-bond donors (Lipinski definition) is 17. The number of nitrogens with zero attached hydrogens (tertiary/aromatic N) is 1. The van der Waals surface area contributed by atoms with Gasteiger partial charge in [-0.25, -0.2) is 0 Å². The minimum absolute atomic E-state index is 0.0837. The maximum absolute atomic E-state index is 13.2. The third-order valence-electron chi connectivity index (χ3n) is 6.54. The number of Topliss-reactive ketones (excluding diaryl/α,β-unsaturated/α-hetero) is 1. The Balaban J connectivity index is 2.19. The largest absolute Gasteiger partial charge is 0.453 e. The molecule has 3 unspecified atom stereocenters. The summed E-state index contributed by atoms with van der Waals surface area (Å²) in [6.07, 6.45) is -11.9. The number of ketones is 1. The highest BCUT2D eigenvalue weighted by Gasteiger charge is 2.79.